The smallest absolute Gasteiger partial charge is 0.292 e. The Kier molecular flexibility index (Phi) is 4.24. The number of primary sulfonamides is 1. The van der Waals surface area contributed by atoms with E-state index in [0.717, 1.165) is 12.8 Å². The second kappa shape index (κ2) is 5.76. The lowest BCUT2D eigenvalue weighted by atomic mass is 9.99. The van der Waals surface area contributed by atoms with Gasteiger partial charge in [-0.05, 0) is 24.8 Å². The van der Waals surface area contributed by atoms with Crippen LogP contribution in [0.25, 0.3) is 0 Å². The van der Waals surface area contributed by atoms with E-state index >= 15 is 0 Å². The van der Waals surface area contributed by atoms with Crippen molar-refractivity contribution in [3.05, 3.63) is 34.4 Å². The number of piperidine rings is 1. The fourth-order valence-electron chi connectivity index (χ4n) is 2.63. The maximum absolute atomic E-state index is 11.2. The number of benzene rings is 1. The van der Waals surface area contributed by atoms with Crippen molar-refractivity contribution in [2.24, 2.45) is 11.1 Å². The first-order chi connectivity index (χ1) is 9.37. The SMILES string of the molecule is NS(=O)(=O)C[C@@H]1CCCN(c2ccccc2[N+](=O)[O-])C1. The van der Waals surface area contributed by atoms with Crippen molar-refractivity contribution in [2.75, 3.05) is 23.7 Å². The van der Waals surface area contributed by atoms with E-state index in [2.05, 4.69) is 0 Å². The fourth-order valence-corrected chi connectivity index (χ4v) is 3.56. The summed E-state index contributed by atoms with van der Waals surface area (Å²) in [6.45, 7) is 1.16. The number of sulfonamides is 1. The van der Waals surface area contributed by atoms with Crippen molar-refractivity contribution < 1.29 is 13.3 Å². The Morgan fingerprint density at radius 2 is 2.10 bits per heavy atom. The number of hydrogen-bond donors (Lipinski definition) is 1. The van der Waals surface area contributed by atoms with Gasteiger partial charge >= 0.3 is 0 Å². The molecule has 1 aliphatic rings. The molecule has 0 spiro atoms. The van der Waals surface area contributed by atoms with Crippen LogP contribution in [0.15, 0.2) is 24.3 Å². The van der Waals surface area contributed by atoms with Gasteiger partial charge in [0, 0.05) is 19.2 Å². The van der Waals surface area contributed by atoms with Crippen LogP contribution in [0.2, 0.25) is 0 Å². The molecule has 2 rings (SSSR count). The molecule has 0 radical (unpaired) electrons. The molecule has 7 nitrogen and oxygen atoms in total. The highest BCUT2D eigenvalue weighted by atomic mass is 32.2. The van der Waals surface area contributed by atoms with Gasteiger partial charge in [-0.2, -0.15) is 0 Å². The van der Waals surface area contributed by atoms with Crippen molar-refractivity contribution >= 4 is 21.4 Å². The minimum atomic E-state index is -3.52. The average Bonchev–Trinajstić information content (AvgIpc) is 2.37. The molecule has 1 aliphatic heterocycles. The molecule has 0 aliphatic carbocycles. The Bertz CT molecular complexity index is 602. The molecule has 0 aromatic heterocycles. The third-order valence-corrected chi connectivity index (χ3v) is 4.34. The molecule has 0 bridgehead atoms. The summed E-state index contributed by atoms with van der Waals surface area (Å²) in [5.41, 5.74) is 0.584. The number of hydrogen-bond acceptors (Lipinski definition) is 5. The first-order valence-electron chi connectivity index (χ1n) is 6.35. The Morgan fingerprint density at radius 1 is 1.40 bits per heavy atom. The third kappa shape index (κ3) is 3.67. The molecule has 1 aromatic carbocycles. The standard InChI is InChI=1S/C12H17N3O4S/c13-20(18,19)9-10-4-3-7-14(8-10)11-5-1-2-6-12(11)15(16)17/h1-2,5-6,10H,3-4,7-9H2,(H2,13,18,19)/t10-/m1/s1. The summed E-state index contributed by atoms with van der Waals surface area (Å²) in [5, 5.41) is 16.1. The van der Waals surface area contributed by atoms with E-state index in [0.29, 0.717) is 18.8 Å². The van der Waals surface area contributed by atoms with Crippen molar-refractivity contribution in [1.29, 1.82) is 0 Å². The number of nitrogens with two attached hydrogens (primary N) is 1. The molecule has 1 aromatic rings. The van der Waals surface area contributed by atoms with E-state index in [-0.39, 0.29) is 17.4 Å². The number of nitro benzene ring substituents is 1. The summed E-state index contributed by atoms with van der Waals surface area (Å²) in [5.74, 6) is -0.164. The molecule has 1 atom stereocenters. The molecule has 110 valence electrons. The summed E-state index contributed by atoms with van der Waals surface area (Å²) >= 11 is 0. The van der Waals surface area contributed by atoms with Crippen molar-refractivity contribution in [2.45, 2.75) is 12.8 Å². The Balaban J connectivity index is 2.19. The minimum absolute atomic E-state index is 0.0451. The second-order valence-corrected chi connectivity index (χ2v) is 6.69. The van der Waals surface area contributed by atoms with Gasteiger partial charge < -0.3 is 4.90 Å². The number of anilines is 1. The lowest BCUT2D eigenvalue weighted by Crippen LogP contribution is -2.39. The molecule has 8 heteroatoms. The van der Waals surface area contributed by atoms with Gasteiger partial charge in [0.2, 0.25) is 10.0 Å². The zero-order valence-corrected chi connectivity index (χ0v) is 11.8. The second-order valence-electron chi connectivity index (χ2n) is 5.03. The monoisotopic (exact) mass is 299 g/mol. The number of rotatable bonds is 4. The van der Waals surface area contributed by atoms with Gasteiger partial charge in [-0.1, -0.05) is 12.1 Å². The largest absolute Gasteiger partial charge is 0.366 e. The van der Waals surface area contributed by atoms with Crippen LogP contribution in [-0.2, 0) is 10.0 Å². The van der Waals surface area contributed by atoms with Crippen LogP contribution in [0.5, 0.6) is 0 Å². The van der Waals surface area contributed by atoms with Crippen molar-refractivity contribution in [3.63, 3.8) is 0 Å². The van der Waals surface area contributed by atoms with E-state index < -0.39 is 14.9 Å². The summed E-state index contributed by atoms with van der Waals surface area (Å²) < 4.78 is 22.3. The minimum Gasteiger partial charge on any atom is -0.366 e. The molecular formula is C12H17N3O4S. The maximum Gasteiger partial charge on any atom is 0.292 e. The van der Waals surface area contributed by atoms with Crippen molar-refractivity contribution in [3.8, 4) is 0 Å². The molecule has 0 amide bonds. The van der Waals surface area contributed by atoms with E-state index in [4.69, 9.17) is 5.14 Å². The summed E-state index contributed by atoms with van der Waals surface area (Å²) in [7, 11) is -3.52. The zero-order chi connectivity index (χ0) is 14.8. The van der Waals surface area contributed by atoms with E-state index in [9.17, 15) is 18.5 Å². The molecule has 2 N–H and O–H groups in total. The lowest BCUT2D eigenvalue weighted by molar-refractivity contribution is -0.384. The van der Waals surface area contributed by atoms with E-state index in [1.54, 1.807) is 18.2 Å². The highest BCUT2D eigenvalue weighted by molar-refractivity contribution is 7.89. The van der Waals surface area contributed by atoms with Crippen LogP contribution in [0.4, 0.5) is 11.4 Å². The van der Waals surface area contributed by atoms with Crippen LogP contribution in [0.1, 0.15) is 12.8 Å². The van der Waals surface area contributed by atoms with Gasteiger partial charge in [-0.15, -0.1) is 0 Å². The molecule has 1 heterocycles. The van der Waals surface area contributed by atoms with Crippen molar-refractivity contribution in [1.82, 2.24) is 0 Å². The van der Waals surface area contributed by atoms with Gasteiger partial charge in [0.15, 0.2) is 0 Å². The maximum atomic E-state index is 11.2. The molecule has 0 unspecified atom stereocenters. The predicted molar refractivity (Wildman–Crippen MR) is 76.0 cm³/mol. The van der Waals surface area contributed by atoms with E-state index in [1.165, 1.54) is 6.07 Å². The Morgan fingerprint density at radius 3 is 2.75 bits per heavy atom. The van der Waals surface area contributed by atoms with Crippen LogP contribution in [0, 0.1) is 16.0 Å². The summed E-state index contributed by atoms with van der Waals surface area (Å²) in [6.07, 6.45) is 1.57. The normalized spacial score (nSPS) is 19.9. The van der Waals surface area contributed by atoms with Crippen LogP contribution in [0.3, 0.4) is 0 Å². The number of nitro groups is 1. The van der Waals surface area contributed by atoms with Gasteiger partial charge in [0.05, 0.1) is 10.7 Å². The summed E-state index contributed by atoms with van der Waals surface area (Å²) in [6, 6.07) is 6.51. The van der Waals surface area contributed by atoms with Crippen LogP contribution in [-0.4, -0.2) is 32.2 Å². The predicted octanol–water partition coefficient (Wildman–Crippen LogP) is 1.10. The Hall–Kier alpha value is -1.67. The Labute approximate surface area is 117 Å². The molecule has 1 fully saturated rings. The third-order valence-electron chi connectivity index (χ3n) is 3.41. The first-order valence-corrected chi connectivity index (χ1v) is 8.07. The lowest BCUT2D eigenvalue weighted by Gasteiger charge is -2.33. The number of para-hydroxylation sites is 2. The quantitative estimate of drug-likeness (QED) is 0.661. The first kappa shape index (κ1) is 14.7. The average molecular weight is 299 g/mol. The number of nitrogens with zero attached hydrogens (tertiary/aromatic N) is 2. The molecular weight excluding hydrogens is 282 g/mol. The topological polar surface area (TPSA) is 107 Å². The molecule has 0 saturated carbocycles. The fraction of sp³-hybridized carbons (Fsp3) is 0.500. The highest BCUT2D eigenvalue weighted by Gasteiger charge is 2.27. The van der Waals surface area contributed by atoms with Gasteiger partial charge in [-0.25, -0.2) is 13.6 Å². The summed E-state index contributed by atoms with van der Waals surface area (Å²) in [4.78, 5) is 12.5. The van der Waals surface area contributed by atoms with Gasteiger partial charge in [0.25, 0.3) is 5.69 Å². The zero-order valence-electron chi connectivity index (χ0n) is 10.9. The van der Waals surface area contributed by atoms with Gasteiger partial charge in [-0.3, -0.25) is 10.1 Å². The molecule has 20 heavy (non-hydrogen) atoms. The van der Waals surface area contributed by atoms with E-state index in [1.807, 2.05) is 4.90 Å². The van der Waals surface area contributed by atoms with Crippen LogP contribution >= 0.6 is 0 Å². The highest BCUT2D eigenvalue weighted by Crippen LogP contribution is 2.31. The van der Waals surface area contributed by atoms with Gasteiger partial charge in [0.1, 0.15) is 5.69 Å². The van der Waals surface area contributed by atoms with Crippen LogP contribution < -0.4 is 10.0 Å². The molecule has 1 saturated heterocycles.